The van der Waals surface area contributed by atoms with Gasteiger partial charge >= 0.3 is 5.97 Å². The monoisotopic (exact) mass is 466 g/mol. The van der Waals surface area contributed by atoms with E-state index in [1.807, 2.05) is 0 Å². The lowest BCUT2D eigenvalue weighted by atomic mass is 9.34. The van der Waals surface area contributed by atoms with Gasteiger partial charge in [0.15, 0.2) is 5.78 Å². The van der Waals surface area contributed by atoms with E-state index < -0.39 is 5.41 Å². The number of allylic oxidation sites excluding steroid dienone is 4. The number of esters is 1. The van der Waals surface area contributed by atoms with Gasteiger partial charge in [0.25, 0.3) is 0 Å². The maximum atomic E-state index is 14.2. The number of carbonyl (C=O) groups is 2. The molecule has 0 aromatic carbocycles. The minimum absolute atomic E-state index is 0.00121. The van der Waals surface area contributed by atoms with Gasteiger partial charge in [0, 0.05) is 5.92 Å². The van der Waals surface area contributed by atoms with Crippen molar-refractivity contribution in [2.45, 2.75) is 99.8 Å². The molecular weight excluding hydrogens is 420 g/mol. The second-order valence-electron chi connectivity index (χ2n) is 14.7. The Morgan fingerprint density at radius 2 is 1.65 bits per heavy atom. The largest absolute Gasteiger partial charge is 0.469 e. The molecule has 0 radical (unpaired) electrons. The third-order valence-corrected chi connectivity index (χ3v) is 12.5. The highest BCUT2D eigenvalue weighted by Crippen LogP contribution is 2.74. The number of methoxy groups -OCH3 is 1. The van der Waals surface area contributed by atoms with Gasteiger partial charge < -0.3 is 4.74 Å². The maximum absolute atomic E-state index is 14.2. The van der Waals surface area contributed by atoms with Crippen LogP contribution < -0.4 is 0 Å². The fourth-order valence-electron chi connectivity index (χ4n) is 10.2. The predicted molar refractivity (Wildman–Crippen MR) is 136 cm³/mol. The quantitative estimate of drug-likeness (QED) is 0.301. The Labute approximate surface area is 207 Å². The standard InChI is InChI=1S/C31H46O3/c1-26(2)11-9-12-29(5)23(26)10-13-31(7)24(29)22(32)18-20-21-19-28(4,25(33)34-8)15-14-27(21,3)16-17-30(20,31)6/h9,11,18,21,23-24H,10,12-17,19H2,1-8H3/t21-,23?,24?,27+,28-,29-,30+,31+/m0/s1. The Morgan fingerprint density at radius 3 is 2.32 bits per heavy atom. The van der Waals surface area contributed by atoms with E-state index in [1.54, 1.807) is 0 Å². The first-order valence-corrected chi connectivity index (χ1v) is 13.7. The van der Waals surface area contributed by atoms with Crippen molar-refractivity contribution in [2.24, 2.45) is 50.2 Å². The van der Waals surface area contributed by atoms with Crippen molar-refractivity contribution in [1.82, 2.24) is 0 Å². The molecule has 8 atom stereocenters. The molecule has 3 saturated carbocycles. The lowest BCUT2D eigenvalue weighted by Crippen LogP contribution is -2.65. The highest BCUT2D eigenvalue weighted by atomic mass is 16.5. The zero-order valence-corrected chi connectivity index (χ0v) is 22.8. The fraction of sp³-hybridized carbons (Fsp3) is 0.806. The van der Waals surface area contributed by atoms with Gasteiger partial charge in [0.05, 0.1) is 12.5 Å². The lowest BCUT2D eigenvalue weighted by Gasteiger charge is -2.69. The molecule has 0 aromatic heterocycles. The summed E-state index contributed by atoms with van der Waals surface area (Å²) in [7, 11) is 1.51. The molecule has 0 heterocycles. The molecule has 0 bridgehead atoms. The first-order valence-electron chi connectivity index (χ1n) is 13.7. The molecule has 5 aliphatic rings. The van der Waals surface area contributed by atoms with Crippen molar-refractivity contribution in [3.05, 3.63) is 23.8 Å². The molecule has 3 heteroatoms. The van der Waals surface area contributed by atoms with Crippen LogP contribution in [0.4, 0.5) is 0 Å². The van der Waals surface area contributed by atoms with Crippen LogP contribution in [-0.2, 0) is 14.3 Å². The Balaban J connectivity index is 1.62. The summed E-state index contributed by atoms with van der Waals surface area (Å²) in [4.78, 5) is 27.0. The molecular formula is C31H46O3. The summed E-state index contributed by atoms with van der Waals surface area (Å²) in [5, 5.41) is 0. The summed E-state index contributed by atoms with van der Waals surface area (Å²) in [6.07, 6.45) is 15.2. The molecule has 0 N–H and O–H groups in total. The van der Waals surface area contributed by atoms with Crippen molar-refractivity contribution >= 4 is 11.8 Å². The zero-order valence-electron chi connectivity index (χ0n) is 22.8. The smallest absolute Gasteiger partial charge is 0.311 e. The van der Waals surface area contributed by atoms with E-state index in [0.29, 0.717) is 11.7 Å². The van der Waals surface area contributed by atoms with Crippen LogP contribution in [0.5, 0.6) is 0 Å². The molecule has 188 valence electrons. The number of rotatable bonds is 1. The van der Waals surface area contributed by atoms with Gasteiger partial charge in [-0.25, -0.2) is 0 Å². The molecule has 2 unspecified atom stereocenters. The third kappa shape index (κ3) is 2.88. The molecule has 0 spiro atoms. The van der Waals surface area contributed by atoms with Crippen LogP contribution in [0.15, 0.2) is 23.8 Å². The Hall–Kier alpha value is -1.38. The summed E-state index contributed by atoms with van der Waals surface area (Å²) < 4.78 is 5.25. The molecule has 5 aliphatic carbocycles. The van der Waals surface area contributed by atoms with Gasteiger partial charge in [0.1, 0.15) is 0 Å². The predicted octanol–water partition coefficient (Wildman–Crippen LogP) is 7.31. The second kappa shape index (κ2) is 7.10. The number of carbonyl (C=O) groups excluding carboxylic acids is 2. The van der Waals surface area contributed by atoms with E-state index in [2.05, 4.69) is 66.7 Å². The van der Waals surface area contributed by atoms with Gasteiger partial charge in [-0.05, 0) is 103 Å². The molecule has 34 heavy (non-hydrogen) atoms. The van der Waals surface area contributed by atoms with E-state index in [1.165, 1.54) is 25.5 Å². The average Bonchev–Trinajstić information content (AvgIpc) is 2.75. The van der Waals surface area contributed by atoms with Crippen LogP contribution in [0, 0.1) is 50.2 Å². The fourth-order valence-corrected chi connectivity index (χ4v) is 10.2. The lowest BCUT2D eigenvalue weighted by molar-refractivity contribution is -0.175. The minimum Gasteiger partial charge on any atom is -0.469 e. The minimum atomic E-state index is -0.458. The van der Waals surface area contributed by atoms with Gasteiger partial charge in [-0.15, -0.1) is 0 Å². The zero-order chi connectivity index (χ0) is 24.9. The number of ketones is 1. The van der Waals surface area contributed by atoms with Crippen LogP contribution >= 0.6 is 0 Å². The van der Waals surface area contributed by atoms with Gasteiger partial charge in [-0.1, -0.05) is 59.3 Å². The molecule has 0 aliphatic heterocycles. The van der Waals surface area contributed by atoms with Gasteiger partial charge in [0.2, 0.25) is 0 Å². The van der Waals surface area contributed by atoms with Crippen LogP contribution in [0.1, 0.15) is 99.8 Å². The summed E-state index contributed by atoms with van der Waals surface area (Å²) in [6, 6.07) is 0. The SMILES string of the molecule is COC(=O)[C@@]1(C)CC[C@]2(C)CC[C@]3(C)C(=CC(=O)C4[C@@]5(C)CC=CC(C)(C)C5CC[C@]43C)[C@@H]2C1. The van der Waals surface area contributed by atoms with Crippen molar-refractivity contribution < 1.29 is 14.3 Å². The van der Waals surface area contributed by atoms with Crippen LogP contribution in [-0.4, -0.2) is 18.9 Å². The van der Waals surface area contributed by atoms with E-state index >= 15 is 0 Å². The van der Waals surface area contributed by atoms with E-state index in [9.17, 15) is 9.59 Å². The Kier molecular flexibility index (Phi) is 5.08. The summed E-state index contributed by atoms with van der Waals surface area (Å²) in [5.41, 5.74) is 1.18. The van der Waals surface area contributed by atoms with E-state index in [4.69, 9.17) is 4.74 Å². The molecule has 0 saturated heterocycles. The van der Waals surface area contributed by atoms with Crippen molar-refractivity contribution in [2.75, 3.05) is 7.11 Å². The highest BCUT2D eigenvalue weighted by Gasteiger charge is 2.69. The van der Waals surface area contributed by atoms with Gasteiger partial charge in [-0.3, -0.25) is 9.59 Å². The number of fused-ring (bicyclic) bond motifs is 7. The number of hydrogen-bond acceptors (Lipinski definition) is 3. The van der Waals surface area contributed by atoms with E-state index in [0.717, 1.165) is 38.5 Å². The van der Waals surface area contributed by atoms with E-state index in [-0.39, 0.29) is 44.9 Å². The van der Waals surface area contributed by atoms with Crippen LogP contribution in [0.2, 0.25) is 0 Å². The molecule has 0 aromatic rings. The molecule has 3 fully saturated rings. The van der Waals surface area contributed by atoms with Crippen molar-refractivity contribution in [3.8, 4) is 0 Å². The third-order valence-electron chi connectivity index (χ3n) is 12.5. The first-order chi connectivity index (χ1) is 15.7. The number of hydrogen-bond donors (Lipinski definition) is 0. The number of ether oxygens (including phenoxy) is 1. The van der Waals surface area contributed by atoms with Crippen molar-refractivity contribution in [1.29, 1.82) is 0 Å². The molecule has 5 rings (SSSR count). The normalized spacial score (nSPS) is 51.4. The van der Waals surface area contributed by atoms with Crippen LogP contribution in [0.3, 0.4) is 0 Å². The topological polar surface area (TPSA) is 43.4 Å². The molecule has 3 nitrogen and oxygen atoms in total. The summed E-state index contributed by atoms with van der Waals surface area (Å²) >= 11 is 0. The van der Waals surface area contributed by atoms with Crippen LogP contribution in [0.25, 0.3) is 0 Å². The highest BCUT2D eigenvalue weighted by molar-refractivity contribution is 5.95. The van der Waals surface area contributed by atoms with Crippen molar-refractivity contribution in [3.63, 3.8) is 0 Å². The summed E-state index contributed by atoms with van der Waals surface area (Å²) in [5.74, 6) is 1.16. The Bertz CT molecular complexity index is 989. The van der Waals surface area contributed by atoms with Gasteiger partial charge in [-0.2, -0.15) is 0 Å². The second-order valence-corrected chi connectivity index (χ2v) is 14.7. The first kappa shape index (κ1) is 24.3. The Morgan fingerprint density at radius 1 is 0.971 bits per heavy atom. The molecule has 0 amide bonds. The summed E-state index contributed by atoms with van der Waals surface area (Å²) in [6.45, 7) is 16.6. The maximum Gasteiger partial charge on any atom is 0.311 e. The average molecular weight is 467 g/mol.